The number of amides is 2. The number of rotatable bonds is 6. The second-order valence-electron chi connectivity index (χ2n) is 5.92. The number of ether oxygens (including phenoxy) is 1. The minimum Gasteiger partial charge on any atom is -0.495 e. The van der Waals surface area contributed by atoms with E-state index in [9.17, 15) is 9.59 Å². The summed E-state index contributed by atoms with van der Waals surface area (Å²) in [5.41, 5.74) is 0.463. The summed E-state index contributed by atoms with van der Waals surface area (Å²) in [5, 5.41) is 5.99. The van der Waals surface area contributed by atoms with Gasteiger partial charge in [0.1, 0.15) is 11.2 Å². The number of pyridine rings is 1. The number of aromatic nitrogens is 1. The maximum Gasteiger partial charge on any atom is 0.240 e. The van der Waals surface area contributed by atoms with Gasteiger partial charge < -0.3 is 15.4 Å². The molecule has 1 heterocycles. The number of carbonyl (C=O) groups excluding carboxylic acids is 2. The molecule has 6 nitrogen and oxygen atoms in total. The molecule has 130 valence electrons. The van der Waals surface area contributed by atoms with Gasteiger partial charge >= 0.3 is 0 Å². The Morgan fingerprint density at radius 3 is 2.52 bits per heavy atom. The van der Waals surface area contributed by atoms with Crippen LogP contribution in [0, 0.1) is 5.41 Å². The van der Waals surface area contributed by atoms with E-state index in [4.69, 9.17) is 16.3 Å². The summed E-state index contributed by atoms with van der Waals surface area (Å²) in [6, 6.07) is 8.59. The highest BCUT2D eigenvalue weighted by molar-refractivity contribution is 6.32. The van der Waals surface area contributed by atoms with Crippen molar-refractivity contribution in [1.82, 2.24) is 10.3 Å². The van der Waals surface area contributed by atoms with Gasteiger partial charge in [0.15, 0.2) is 0 Å². The van der Waals surface area contributed by atoms with Crippen molar-refractivity contribution in [1.29, 1.82) is 0 Å². The van der Waals surface area contributed by atoms with Crippen LogP contribution in [0.4, 0.5) is 5.69 Å². The minimum atomic E-state index is -1.00. The van der Waals surface area contributed by atoms with Gasteiger partial charge in [-0.1, -0.05) is 11.6 Å². The highest BCUT2D eigenvalue weighted by Gasteiger charge is 2.56. The fraction of sp³-hybridized carbons (Fsp3) is 0.278. The van der Waals surface area contributed by atoms with Gasteiger partial charge in [-0.3, -0.25) is 14.6 Å². The van der Waals surface area contributed by atoms with Crippen LogP contribution in [0.5, 0.6) is 5.75 Å². The third kappa shape index (κ3) is 3.74. The first-order valence-electron chi connectivity index (χ1n) is 7.87. The lowest BCUT2D eigenvalue weighted by Gasteiger charge is -2.16. The average Bonchev–Trinajstić information content (AvgIpc) is 3.43. The van der Waals surface area contributed by atoms with E-state index in [1.54, 1.807) is 30.6 Å². The van der Waals surface area contributed by atoms with Gasteiger partial charge in [0.25, 0.3) is 0 Å². The van der Waals surface area contributed by atoms with Gasteiger partial charge in [-0.05, 0) is 48.7 Å². The Morgan fingerprint density at radius 1 is 1.20 bits per heavy atom. The van der Waals surface area contributed by atoms with Crippen molar-refractivity contribution in [2.75, 3.05) is 12.4 Å². The molecule has 1 aliphatic rings. The number of nitrogens with zero attached hydrogens (tertiary/aromatic N) is 1. The van der Waals surface area contributed by atoms with Crippen molar-refractivity contribution in [2.45, 2.75) is 19.4 Å². The van der Waals surface area contributed by atoms with Crippen molar-refractivity contribution in [2.24, 2.45) is 5.41 Å². The van der Waals surface area contributed by atoms with Gasteiger partial charge in [-0.15, -0.1) is 0 Å². The van der Waals surface area contributed by atoms with E-state index in [0.29, 0.717) is 35.8 Å². The van der Waals surface area contributed by atoms with Crippen molar-refractivity contribution < 1.29 is 14.3 Å². The fourth-order valence-corrected chi connectivity index (χ4v) is 2.79. The molecule has 0 radical (unpaired) electrons. The number of hydrogen-bond donors (Lipinski definition) is 2. The molecule has 2 N–H and O–H groups in total. The van der Waals surface area contributed by atoms with E-state index >= 15 is 0 Å². The number of hydrogen-bond acceptors (Lipinski definition) is 4. The van der Waals surface area contributed by atoms with Gasteiger partial charge in [-0.25, -0.2) is 0 Å². The van der Waals surface area contributed by atoms with Crippen molar-refractivity contribution in [3.63, 3.8) is 0 Å². The summed E-state index contributed by atoms with van der Waals surface area (Å²) in [7, 11) is 1.52. The van der Waals surface area contributed by atoms with Gasteiger partial charge in [0, 0.05) is 24.6 Å². The van der Waals surface area contributed by atoms with E-state index in [1.807, 2.05) is 12.1 Å². The highest BCUT2D eigenvalue weighted by Crippen LogP contribution is 2.47. The third-order valence-corrected chi connectivity index (χ3v) is 4.53. The van der Waals surface area contributed by atoms with Crippen LogP contribution in [0.1, 0.15) is 18.4 Å². The minimum absolute atomic E-state index is 0.263. The molecule has 0 atom stereocenters. The van der Waals surface area contributed by atoms with Crippen molar-refractivity contribution in [3.05, 3.63) is 53.3 Å². The van der Waals surface area contributed by atoms with Crippen LogP contribution in [0.2, 0.25) is 5.02 Å². The summed E-state index contributed by atoms with van der Waals surface area (Å²) in [6.07, 6.45) is 4.39. The molecule has 0 aliphatic heterocycles. The normalized spacial score (nSPS) is 14.5. The fourth-order valence-electron chi connectivity index (χ4n) is 2.53. The Hall–Kier alpha value is -2.60. The summed E-state index contributed by atoms with van der Waals surface area (Å²) in [5.74, 6) is -0.0572. The Labute approximate surface area is 150 Å². The zero-order chi connectivity index (χ0) is 17.9. The lowest BCUT2D eigenvalue weighted by Crippen LogP contribution is -2.39. The SMILES string of the molecule is COc1ccc(NC(=O)C2(C(=O)NCc3ccncc3)CC2)cc1Cl. The zero-order valence-electron chi connectivity index (χ0n) is 13.7. The molecule has 1 aromatic heterocycles. The van der Waals surface area contributed by atoms with Gasteiger partial charge in [0.05, 0.1) is 12.1 Å². The van der Waals surface area contributed by atoms with Gasteiger partial charge in [-0.2, -0.15) is 0 Å². The lowest BCUT2D eigenvalue weighted by molar-refractivity contribution is -0.134. The predicted molar refractivity (Wildman–Crippen MR) is 94.4 cm³/mol. The molecule has 1 aromatic carbocycles. The first-order chi connectivity index (χ1) is 12.0. The van der Waals surface area contributed by atoms with E-state index in [0.717, 1.165) is 5.56 Å². The van der Waals surface area contributed by atoms with E-state index in [-0.39, 0.29) is 11.8 Å². The smallest absolute Gasteiger partial charge is 0.240 e. The molecule has 7 heteroatoms. The molecule has 25 heavy (non-hydrogen) atoms. The van der Waals surface area contributed by atoms with Crippen LogP contribution in [0.3, 0.4) is 0 Å². The second-order valence-corrected chi connectivity index (χ2v) is 6.33. The molecule has 0 bridgehead atoms. The van der Waals surface area contributed by atoms with Crippen molar-refractivity contribution >= 4 is 29.1 Å². The zero-order valence-corrected chi connectivity index (χ0v) is 14.5. The van der Waals surface area contributed by atoms with E-state index < -0.39 is 5.41 Å². The number of nitrogens with one attached hydrogen (secondary N) is 2. The Balaban J connectivity index is 1.62. The summed E-state index contributed by atoms with van der Waals surface area (Å²) in [4.78, 5) is 29.0. The summed E-state index contributed by atoms with van der Waals surface area (Å²) >= 11 is 6.06. The Kier molecular flexibility index (Phi) is 4.90. The van der Waals surface area contributed by atoms with Crippen LogP contribution in [0.15, 0.2) is 42.7 Å². The lowest BCUT2D eigenvalue weighted by atomic mass is 10.0. The molecule has 0 unspecified atom stereocenters. The monoisotopic (exact) mass is 359 g/mol. The predicted octanol–water partition coefficient (Wildman–Crippen LogP) is 2.78. The van der Waals surface area contributed by atoms with Crippen molar-refractivity contribution in [3.8, 4) is 5.75 Å². The molecule has 2 aromatic rings. The topological polar surface area (TPSA) is 80.3 Å². The molecule has 3 rings (SSSR count). The molecule has 1 saturated carbocycles. The number of halogens is 1. The Morgan fingerprint density at radius 2 is 1.92 bits per heavy atom. The molecule has 0 spiro atoms. The van der Waals surface area contributed by atoms with Crippen LogP contribution in [0.25, 0.3) is 0 Å². The van der Waals surface area contributed by atoms with E-state index in [2.05, 4.69) is 15.6 Å². The maximum atomic E-state index is 12.6. The highest BCUT2D eigenvalue weighted by atomic mass is 35.5. The first-order valence-corrected chi connectivity index (χ1v) is 8.25. The quantitative estimate of drug-likeness (QED) is 0.777. The number of carbonyl (C=O) groups is 2. The Bertz CT molecular complexity index is 791. The van der Waals surface area contributed by atoms with Crippen LogP contribution >= 0.6 is 11.6 Å². The summed E-state index contributed by atoms with van der Waals surface area (Å²) in [6.45, 7) is 0.366. The molecular formula is C18H18ClN3O3. The molecule has 1 aliphatic carbocycles. The van der Waals surface area contributed by atoms with Gasteiger partial charge in [0.2, 0.25) is 11.8 Å². The molecule has 2 amide bonds. The van der Waals surface area contributed by atoms with Crippen LogP contribution in [-0.2, 0) is 16.1 Å². The second kappa shape index (κ2) is 7.11. The average molecular weight is 360 g/mol. The number of methoxy groups -OCH3 is 1. The molecule has 1 fully saturated rings. The molecule has 0 saturated heterocycles. The largest absolute Gasteiger partial charge is 0.495 e. The number of anilines is 1. The van der Waals surface area contributed by atoms with Crippen LogP contribution in [-0.4, -0.2) is 23.9 Å². The van der Waals surface area contributed by atoms with Crippen LogP contribution < -0.4 is 15.4 Å². The molecular weight excluding hydrogens is 342 g/mol. The number of benzene rings is 1. The van der Waals surface area contributed by atoms with E-state index in [1.165, 1.54) is 7.11 Å². The standard InChI is InChI=1S/C18H18ClN3O3/c1-25-15-3-2-13(10-14(15)19)22-17(24)18(6-7-18)16(23)21-11-12-4-8-20-9-5-12/h2-5,8-10H,6-7,11H2,1H3,(H,21,23)(H,22,24). The maximum absolute atomic E-state index is 12.6. The first kappa shape index (κ1) is 17.2. The summed E-state index contributed by atoms with van der Waals surface area (Å²) < 4.78 is 5.08. The third-order valence-electron chi connectivity index (χ3n) is 4.23.